The van der Waals surface area contributed by atoms with E-state index in [2.05, 4.69) is 15.7 Å². The monoisotopic (exact) mass is 314 g/mol. The van der Waals surface area contributed by atoms with Crippen molar-refractivity contribution < 1.29 is 9.47 Å². The highest BCUT2D eigenvalue weighted by atomic mass is 35.5. The zero-order chi connectivity index (χ0) is 13.7. The van der Waals surface area contributed by atoms with Crippen molar-refractivity contribution in [3.63, 3.8) is 0 Å². The van der Waals surface area contributed by atoms with E-state index in [1.54, 1.807) is 25.6 Å². The second kappa shape index (κ2) is 8.09. The minimum Gasteiger partial charge on any atom is -0.493 e. The van der Waals surface area contributed by atoms with Crippen molar-refractivity contribution in [3.8, 4) is 22.8 Å². The van der Waals surface area contributed by atoms with Gasteiger partial charge in [-0.25, -0.2) is 4.98 Å². The van der Waals surface area contributed by atoms with Gasteiger partial charge in [0, 0.05) is 23.9 Å². The fraction of sp³-hybridized carbons (Fsp3) is 0.357. The number of nitrogens with one attached hydrogen (secondary N) is 1. The summed E-state index contributed by atoms with van der Waals surface area (Å²) in [5.74, 6) is 1.46. The van der Waals surface area contributed by atoms with Crippen LogP contribution in [0.25, 0.3) is 11.3 Å². The van der Waals surface area contributed by atoms with E-state index in [9.17, 15) is 0 Å². The number of aromatic nitrogens is 1. The Labute approximate surface area is 129 Å². The molecule has 1 heterocycles. The first-order chi connectivity index (χ1) is 9.28. The van der Waals surface area contributed by atoms with Gasteiger partial charge in [-0.3, -0.25) is 0 Å². The van der Waals surface area contributed by atoms with Crippen LogP contribution in [0.15, 0.2) is 23.6 Å². The number of rotatable bonds is 6. The van der Waals surface area contributed by atoms with Crippen LogP contribution in [-0.2, 0) is 6.42 Å². The minimum absolute atomic E-state index is 0. The van der Waals surface area contributed by atoms with Gasteiger partial charge in [0.25, 0.3) is 0 Å². The molecule has 1 N–H and O–H groups in total. The van der Waals surface area contributed by atoms with E-state index in [-0.39, 0.29) is 12.4 Å². The van der Waals surface area contributed by atoms with Gasteiger partial charge >= 0.3 is 0 Å². The van der Waals surface area contributed by atoms with Gasteiger partial charge in [-0.2, -0.15) is 0 Å². The Hall–Kier alpha value is -1.30. The molecule has 4 nitrogen and oxygen atoms in total. The zero-order valence-electron chi connectivity index (χ0n) is 11.8. The molecule has 110 valence electrons. The van der Waals surface area contributed by atoms with Gasteiger partial charge in [0.15, 0.2) is 11.5 Å². The van der Waals surface area contributed by atoms with E-state index < -0.39 is 0 Å². The number of benzene rings is 1. The van der Waals surface area contributed by atoms with Crippen LogP contribution in [-0.4, -0.2) is 32.8 Å². The van der Waals surface area contributed by atoms with Crippen LogP contribution >= 0.6 is 23.7 Å². The number of thiazole rings is 1. The second-order valence-corrected chi connectivity index (χ2v) is 4.99. The average Bonchev–Trinajstić information content (AvgIpc) is 2.93. The highest BCUT2D eigenvalue weighted by molar-refractivity contribution is 7.09. The molecule has 0 fully saturated rings. The van der Waals surface area contributed by atoms with Gasteiger partial charge in [-0.1, -0.05) is 0 Å². The summed E-state index contributed by atoms with van der Waals surface area (Å²) in [6, 6.07) is 5.86. The predicted octanol–water partition coefficient (Wildman–Crippen LogP) is 3.01. The molecule has 2 rings (SSSR count). The summed E-state index contributed by atoms with van der Waals surface area (Å²) in [4.78, 5) is 4.63. The number of likely N-dealkylation sites (N-methyl/N-ethyl adjacent to an activating group) is 1. The molecule has 0 aliphatic rings. The first-order valence-electron chi connectivity index (χ1n) is 6.10. The SMILES string of the molecule is CNCCc1nc(-c2ccc(OC)c(OC)c2)cs1.Cl. The van der Waals surface area contributed by atoms with Crippen molar-refractivity contribution in [1.29, 1.82) is 0 Å². The molecule has 0 spiro atoms. The Bertz CT molecular complexity index is 546. The molecule has 0 saturated heterocycles. The number of hydrogen-bond acceptors (Lipinski definition) is 5. The quantitative estimate of drug-likeness (QED) is 0.890. The molecule has 0 aliphatic heterocycles. The summed E-state index contributed by atoms with van der Waals surface area (Å²) in [6.07, 6.45) is 0.953. The molecule has 20 heavy (non-hydrogen) atoms. The lowest BCUT2D eigenvalue weighted by molar-refractivity contribution is 0.355. The Kier molecular flexibility index (Phi) is 6.78. The smallest absolute Gasteiger partial charge is 0.161 e. The molecule has 1 aromatic carbocycles. The fourth-order valence-corrected chi connectivity index (χ4v) is 2.59. The second-order valence-electron chi connectivity index (χ2n) is 4.05. The van der Waals surface area contributed by atoms with Gasteiger partial charge in [-0.05, 0) is 25.2 Å². The van der Waals surface area contributed by atoms with Gasteiger partial charge in [0.1, 0.15) is 0 Å². The third kappa shape index (κ3) is 3.85. The lowest BCUT2D eigenvalue weighted by atomic mass is 10.1. The highest BCUT2D eigenvalue weighted by Crippen LogP contribution is 2.32. The van der Waals surface area contributed by atoms with E-state index in [1.165, 1.54) is 0 Å². The molecule has 0 radical (unpaired) electrons. The van der Waals surface area contributed by atoms with Crippen molar-refractivity contribution in [1.82, 2.24) is 10.3 Å². The Morgan fingerprint density at radius 1 is 1.20 bits per heavy atom. The van der Waals surface area contributed by atoms with E-state index in [0.717, 1.165) is 40.7 Å². The van der Waals surface area contributed by atoms with E-state index in [4.69, 9.17) is 9.47 Å². The minimum atomic E-state index is 0. The summed E-state index contributed by atoms with van der Waals surface area (Å²) in [5.41, 5.74) is 2.03. The first kappa shape index (κ1) is 16.8. The summed E-state index contributed by atoms with van der Waals surface area (Å²) >= 11 is 1.68. The number of ether oxygens (including phenoxy) is 2. The van der Waals surface area contributed by atoms with Gasteiger partial charge in [0.2, 0.25) is 0 Å². The number of halogens is 1. The van der Waals surface area contributed by atoms with Crippen molar-refractivity contribution >= 4 is 23.7 Å². The maximum atomic E-state index is 5.31. The van der Waals surface area contributed by atoms with Crippen LogP contribution in [0.1, 0.15) is 5.01 Å². The average molecular weight is 315 g/mol. The molecule has 6 heteroatoms. The zero-order valence-corrected chi connectivity index (χ0v) is 13.4. The van der Waals surface area contributed by atoms with Crippen LogP contribution in [0.4, 0.5) is 0 Å². The number of methoxy groups -OCH3 is 2. The molecule has 1 aromatic heterocycles. The molecule has 2 aromatic rings. The molecule has 0 amide bonds. The molecular formula is C14H19ClN2O2S. The lowest BCUT2D eigenvalue weighted by Crippen LogP contribution is -2.09. The molecule has 0 saturated carbocycles. The number of hydrogen-bond donors (Lipinski definition) is 1. The fourth-order valence-electron chi connectivity index (χ4n) is 1.79. The maximum absolute atomic E-state index is 5.31. The largest absolute Gasteiger partial charge is 0.493 e. The van der Waals surface area contributed by atoms with Crippen LogP contribution < -0.4 is 14.8 Å². The Morgan fingerprint density at radius 3 is 2.60 bits per heavy atom. The van der Waals surface area contributed by atoms with Crippen molar-refractivity contribution in [2.24, 2.45) is 0 Å². The predicted molar refractivity (Wildman–Crippen MR) is 85.5 cm³/mol. The van der Waals surface area contributed by atoms with Crippen molar-refractivity contribution in [2.75, 3.05) is 27.8 Å². The molecule has 0 atom stereocenters. The topological polar surface area (TPSA) is 43.4 Å². The maximum Gasteiger partial charge on any atom is 0.161 e. The standard InChI is InChI=1S/C14H18N2O2S.ClH/c1-15-7-6-14-16-11(9-19-14)10-4-5-12(17-2)13(8-10)18-3;/h4-5,8-9,15H,6-7H2,1-3H3;1H. The lowest BCUT2D eigenvalue weighted by Gasteiger charge is -2.08. The Morgan fingerprint density at radius 2 is 1.95 bits per heavy atom. The third-order valence-electron chi connectivity index (χ3n) is 2.82. The van der Waals surface area contributed by atoms with E-state index in [1.807, 2.05) is 25.2 Å². The molecule has 0 unspecified atom stereocenters. The highest BCUT2D eigenvalue weighted by Gasteiger charge is 2.09. The molecule has 0 bridgehead atoms. The van der Waals surface area contributed by atoms with Gasteiger partial charge < -0.3 is 14.8 Å². The van der Waals surface area contributed by atoms with Gasteiger partial charge in [0.05, 0.1) is 24.9 Å². The summed E-state index contributed by atoms with van der Waals surface area (Å²) in [5, 5.41) is 6.34. The summed E-state index contributed by atoms with van der Waals surface area (Å²) < 4.78 is 10.5. The third-order valence-corrected chi connectivity index (χ3v) is 3.73. The molecule has 0 aliphatic carbocycles. The van der Waals surface area contributed by atoms with Crippen molar-refractivity contribution in [2.45, 2.75) is 6.42 Å². The molecular weight excluding hydrogens is 296 g/mol. The van der Waals surface area contributed by atoms with Crippen LogP contribution in [0, 0.1) is 0 Å². The van der Waals surface area contributed by atoms with Crippen LogP contribution in [0.5, 0.6) is 11.5 Å². The summed E-state index contributed by atoms with van der Waals surface area (Å²) in [6.45, 7) is 0.943. The normalized spacial score (nSPS) is 9.95. The van der Waals surface area contributed by atoms with Crippen molar-refractivity contribution in [3.05, 3.63) is 28.6 Å². The summed E-state index contributed by atoms with van der Waals surface area (Å²) in [7, 11) is 5.22. The number of nitrogens with zero attached hydrogens (tertiary/aromatic N) is 1. The van der Waals surface area contributed by atoms with Crippen LogP contribution in [0.2, 0.25) is 0 Å². The van der Waals surface area contributed by atoms with E-state index >= 15 is 0 Å². The van der Waals surface area contributed by atoms with E-state index in [0.29, 0.717) is 0 Å². The first-order valence-corrected chi connectivity index (χ1v) is 6.98. The Balaban J connectivity index is 0.00000200. The van der Waals surface area contributed by atoms with Crippen LogP contribution in [0.3, 0.4) is 0 Å². The van der Waals surface area contributed by atoms with Gasteiger partial charge in [-0.15, -0.1) is 23.7 Å².